The summed E-state index contributed by atoms with van der Waals surface area (Å²) in [6.45, 7) is 4.33. The van der Waals surface area contributed by atoms with Crippen LogP contribution < -0.4 is 0 Å². The van der Waals surface area contributed by atoms with Crippen LogP contribution in [0.3, 0.4) is 0 Å². The Morgan fingerprint density at radius 2 is 2.06 bits per heavy atom. The van der Waals surface area contributed by atoms with Gasteiger partial charge in [0.15, 0.2) is 12.2 Å². The predicted molar refractivity (Wildman–Crippen MR) is 59.4 cm³/mol. The molecule has 1 unspecified atom stereocenters. The molecule has 0 aliphatic carbocycles. The van der Waals surface area contributed by atoms with Gasteiger partial charge >= 0.3 is 11.9 Å². The second-order valence-electron chi connectivity index (χ2n) is 4.01. The Morgan fingerprint density at radius 3 is 2.53 bits per heavy atom. The fourth-order valence-corrected chi connectivity index (χ4v) is 0.889. The summed E-state index contributed by atoms with van der Waals surface area (Å²) in [5.74, 6) is 0.289. The highest BCUT2D eigenvalue weighted by Gasteiger charge is 2.27. The van der Waals surface area contributed by atoms with Crippen LogP contribution >= 0.6 is 0 Å². The fourth-order valence-electron chi connectivity index (χ4n) is 0.889. The number of carbonyl (C=O) groups excluding carboxylic acids is 2. The number of esters is 2. The summed E-state index contributed by atoms with van der Waals surface area (Å²) in [6.07, 6.45) is 4.79. The summed E-state index contributed by atoms with van der Waals surface area (Å²) in [4.78, 5) is 22.7. The molecule has 0 aromatic rings. The van der Waals surface area contributed by atoms with Crippen LogP contribution in [0.2, 0.25) is 0 Å². The monoisotopic (exact) mass is 237 g/mol. The van der Waals surface area contributed by atoms with E-state index in [2.05, 4.69) is 10.7 Å². The largest absolute Gasteiger partial charge is 0.452 e. The van der Waals surface area contributed by atoms with E-state index in [9.17, 15) is 9.59 Å². The number of nitriles is 1. The zero-order valence-electron chi connectivity index (χ0n) is 10.1. The third-order valence-electron chi connectivity index (χ3n) is 1.82. The van der Waals surface area contributed by atoms with Gasteiger partial charge in [-0.15, -0.1) is 6.42 Å². The third kappa shape index (κ3) is 6.21. The Labute approximate surface area is 101 Å². The van der Waals surface area contributed by atoms with Gasteiger partial charge in [-0.2, -0.15) is 5.26 Å². The molecule has 0 amide bonds. The standard InChI is InChI=1S/C12H15NO4/c1-5-6-16-10(14)7-9(2)11(15)17-12(3,4)8-13/h1,9H,6-7H2,2-4H3. The van der Waals surface area contributed by atoms with E-state index in [1.807, 2.05) is 6.07 Å². The predicted octanol–water partition coefficient (Wildman–Crippen LogP) is 1.03. The zero-order valence-corrected chi connectivity index (χ0v) is 10.1. The number of ether oxygens (including phenoxy) is 2. The van der Waals surface area contributed by atoms with Crippen LogP contribution in [-0.4, -0.2) is 24.1 Å². The van der Waals surface area contributed by atoms with Crippen LogP contribution in [-0.2, 0) is 19.1 Å². The lowest BCUT2D eigenvalue weighted by Gasteiger charge is -2.19. The minimum atomic E-state index is -1.20. The fraction of sp³-hybridized carbons (Fsp3) is 0.583. The van der Waals surface area contributed by atoms with E-state index in [1.165, 1.54) is 20.8 Å². The molecule has 0 aromatic carbocycles. The molecule has 0 saturated heterocycles. The molecule has 5 nitrogen and oxygen atoms in total. The first kappa shape index (κ1) is 15.0. The quantitative estimate of drug-likeness (QED) is 0.527. The minimum Gasteiger partial charge on any atom is -0.452 e. The van der Waals surface area contributed by atoms with E-state index in [0.717, 1.165) is 0 Å². The van der Waals surface area contributed by atoms with Crippen molar-refractivity contribution in [3.05, 3.63) is 0 Å². The Balaban J connectivity index is 4.21. The van der Waals surface area contributed by atoms with E-state index < -0.39 is 23.5 Å². The van der Waals surface area contributed by atoms with E-state index in [1.54, 1.807) is 0 Å². The SMILES string of the molecule is C#CCOC(=O)CC(C)C(=O)OC(C)(C)C#N. The highest BCUT2D eigenvalue weighted by atomic mass is 16.6. The van der Waals surface area contributed by atoms with Gasteiger partial charge < -0.3 is 9.47 Å². The number of nitrogens with zero attached hydrogens (tertiary/aromatic N) is 1. The molecule has 0 rings (SSSR count). The second kappa shape index (κ2) is 6.55. The molecule has 5 heteroatoms. The number of rotatable bonds is 5. The van der Waals surface area contributed by atoms with Crippen molar-refractivity contribution < 1.29 is 19.1 Å². The van der Waals surface area contributed by atoms with E-state index in [4.69, 9.17) is 16.4 Å². The summed E-state index contributed by atoms with van der Waals surface area (Å²) < 4.78 is 9.53. The molecule has 0 spiro atoms. The van der Waals surface area contributed by atoms with Crippen LogP contribution in [0.5, 0.6) is 0 Å². The van der Waals surface area contributed by atoms with Gasteiger partial charge in [0, 0.05) is 0 Å². The number of terminal acetylenes is 1. The molecule has 1 atom stereocenters. The molecule has 0 aliphatic heterocycles. The first-order chi connectivity index (χ1) is 7.82. The van der Waals surface area contributed by atoms with Crippen molar-refractivity contribution in [3.8, 4) is 18.4 Å². The van der Waals surface area contributed by atoms with Gasteiger partial charge in [-0.25, -0.2) is 0 Å². The highest BCUT2D eigenvalue weighted by molar-refractivity contribution is 5.80. The molecule has 0 bridgehead atoms. The van der Waals surface area contributed by atoms with Crippen molar-refractivity contribution in [1.29, 1.82) is 5.26 Å². The lowest BCUT2D eigenvalue weighted by Crippen LogP contribution is -2.30. The molecular formula is C12H15NO4. The molecule has 0 heterocycles. The molecule has 0 N–H and O–H groups in total. The van der Waals surface area contributed by atoms with Gasteiger partial charge in [0.05, 0.1) is 12.3 Å². The van der Waals surface area contributed by atoms with Crippen molar-refractivity contribution in [2.45, 2.75) is 32.8 Å². The molecule has 92 valence electrons. The minimum absolute atomic E-state index is 0.121. The van der Waals surface area contributed by atoms with Gasteiger partial charge in [0.1, 0.15) is 6.07 Å². The Bertz CT molecular complexity index is 373. The zero-order chi connectivity index (χ0) is 13.5. The number of hydrogen-bond donors (Lipinski definition) is 0. The van der Waals surface area contributed by atoms with E-state index in [-0.39, 0.29) is 13.0 Å². The van der Waals surface area contributed by atoms with Gasteiger partial charge in [0.2, 0.25) is 0 Å². The van der Waals surface area contributed by atoms with Crippen LogP contribution in [0.1, 0.15) is 27.2 Å². The third-order valence-corrected chi connectivity index (χ3v) is 1.82. The topological polar surface area (TPSA) is 76.4 Å². The molecule has 0 radical (unpaired) electrons. The van der Waals surface area contributed by atoms with Crippen LogP contribution in [0.15, 0.2) is 0 Å². The summed E-state index contributed by atoms with van der Waals surface area (Å²) in [7, 11) is 0. The molecule has 0 saturated carbocycles. The Morgan fingerprint density at radius 1 is 1.47 bits per heavy atom. The van der Waals surface area contributed by atoms with Crippen molar-refractivity contribution in [2.75, 3.05) is 6.61 Å². The lowest BCUT2D eigenvalue weighted by molar-refractivity contribution is -0.160. The Hall–Kier alpha value is -2.01. The van der Waals surface area contributed by atoms with Crippen molar-refractivity contribution in [2.24, 2.45) is 5.92 Å². The van der Waals surface area contributed by atoms with Gasteiger partial charge in [-0.1, -0.05) is 12.8 Å². The second-order valence-corrected chi connectivity index (χ2v) is 4.01. The summed E-state index contributed by atoms with van der Waals surface area (Å²) in [5.41, 5.74) is -1.20. The normalized spacial score (nSPS) is 11.8. The molecule has 0 aromatic heterocycles. The summed E-state index contributed by atoms with van der Waals surface area (Å²) >= 11 is 0. The van der Waals surface area contributed by atoms with Gasteiger partial charge in [0.25, 0.3) is 0 Å². The smallest absolute Gasteiger partial charge is 0.310 e. The number of hydrogen-bond acceptors (Lipinski definition) is 5. The van der Waals surface area contributed by atoms with Crippen LogP contribution in [0.25, 0.3) is 0 Å². The van der Waals surface area contributed by atoms with Gasteiger partial charge in [-0.05, 0) is 13.8 Å². The van der Waals surface area contributed by atoms with Gasteiger partial charge in [-0.3, -0.25) is 9.59 Å². The average molecular weight is 237 g/mol. The molecule has 17 heavy (non-hydrogen) atoms. The molecule has 0 aliphatic rings. The molecule has 0 fully saturated rings. The maximum Gasteiger partial charge on any atom is 0.310 e. The molecular weight excluding hydrogens is 222 g/mol. The van der Waals surface area contributed by atoms with Crippen LogP contribution in [0, 0.1) is 29.6 Å². The van der Waals surface area contributed by atoms with Crippen LogP contribution in [0.4, 0.5) is 0 Å². The number of carbonyl (C=O) groups is 2. The Kier molecular flexibility index (Phi) is 5.77. The van der Waals surface area contributed by atoms with Crippen molar-refractivity contribution in [3.63, 3.8) is 0 Å². The summed E-state index contributed by atoms with van der Waals surface area (Å²) in [6, 6.07) is 1.83. The van der Waals surface area contributed by atoms with Crippen molar-refractivity contribution in [1.82, 2.24) is 0 Å². The highest BCUT2D eigenvalue weighted by Crippen LogP contribution is 2.13. The maximum absolute atomic E-state index is 11.5. The average Bonchev–Trinajstić information content (AvgIpc) is 2.25. The summed E-state index contributed by atoms with van der Waals surface area (Å²) in [5, 5.41) is 8.68. The first-order valence-electron chi connectivity index (χ1n) is 5.05. The van der Waals surface area contributed by atoms with E-state index in [0.29, 0.717) is 0 Å². The lowest BCUT2D eigenvalue weighted by atomic mass is 10.1. The maximum atomic E-state index is 11.5. The first-order valence-corrected chi connectivity index (χ1v) is 5.05. The van der Waals surface area contributed by atoms with E-state index >= 15 is 0 Å². The van der Waals surface area contributed by atoms with Crippen molar-refractivity contribution >= 4 is 11.9 Å².